The lowest BCUT2D eigenvalue weighted by Crippen LogP contribution is -2.40. The van der Waals surface area contributed by atoms with Crippen molar-refractivity contribution in [2.75, 3.05) is 29.9 Å². The molecule has 1 atom stereocenters. The number of carbonyl (C=O) groups excluding carboxylic acids is 1. The number of anilines is 2. The maximum atomic E-state index is 13.5. The van der Waals surface area contributed by atoms with E-state index >= 15 is 0 Å². The highest BCUT2D eigenvalue weighted by atomic mass is 35.5. The maximum Gasteiger partial charge on any atom is 0.322 e. The zero-order valence-electron chi connectivity index (χ0n) is 16.9. The van der Waals surface area contributed by atoms with Gasteiger partial charge in [0.25, 0.3) is 0 Å². The fraction of sp³-hybridized carbons (Fsp3) is 0.217. The standard InChI is InChI=1S/C23H20Cl3FN4O/c24-17-12-16(6-7-20(17)27)29-23(32)31-11-10-30(22-18(25)13-28-14-19(22)26)9-8-21(31)15-4-2-1-3-5-15/h1-7,12-14,21H,8-11H2,(H,29,32). The molecule has 5 nitrogen and oxygen atoms in total. The summed E-state index contributed by atoms with van der Waals surface area (Å²) >= 11 is 18.6. The minimum Gasteiger partial charge on any atom is -0.367 e. The van der Waals surface area contributed by atoms with E-state index in [2.05, 4.69) is 15.2 Å². The number of hydrogen-bond donors (Lipinski definition) is 1. The number of benzene rings is 2. The molecule has 0 spiro atoms. The van der Waals surface area contributed by atoms with Crippen LogP contribution >= 0.6 is 34.8 Å². The number of amides is 2. The van der Waals surface area contributed by atoms with E-state index in [0.717, 1.165) is 5.56 Å². The molecule has 2 heterocycles. The Balaban J connectivity index is 1.62. The Morgan fingerprint density at radius 2 is 1.69 bits per heavy atom. The van der Waals surface area contributed by atoms with E-state index in [1.165, 1.54) is 18.2 Å². The molecule has 3 aromatic rings. The molecule has 0 radical (unpaired) electrons. The number of hydrogen-bond acceptors (Lipinski definition) is 3. The molecule has 1 N–H and O–H groups in total. The summed E-state index contributed by atoms with van der Waals surface area (Å²) in [4.78, 5) is 21.1. The fourth-order valence-corrected chi connectivity index (χ4v) is 4.68. The average molecular weight is 494 g/mol. The molecule has 0 aliphatic carbocycles. The van der Waals surface area contributed by atoms with Gasteiger partial charge in [-0.05, 0) is 30.2 Å². The molecule has 9 heteroatoms. The molecule has 0 saturated carbocycles. The van der Waals surface area contributed by atoms with E-state index in [4.69, 9.17) is 34.8 Å². The zero-order chi connectivity index (χ0) is 22.7. The molecular formula is C23H20Cl3FN4O. The van der Waals surface area contributed by atoms with E-state index in [9.17, 15) is 9.18 Å². The maximum absolute atomic E-state index is 13.5. The molecule has 2 amide bonds. The van der Waals surface area contributed by atoms with Gasteiger partial charge < -0.3 is 15.1 Å². The number of urea groups is 1. The number of carbonyl (C=O) groups is 1. The fourth-order valence-electron chi connectivity index (χ4n) is 3.89. The summed E-state index contributed by atoms with van der Waals surface area (Å²) in [5.41, 5.74) is 2.16. The molecule has 32 heavy (non-hydrogen) atoms. The third-order valence-electron chi connectivity index (χ3n) is 5.42. The summed E-state index contributed by atoms with van der Waals surface area (Å²) in [5, 5.41) is 3.72. The first kappa shape index (κ1) is 22.6. The average Bonchev–Trinajstić information content (AvgIpc) is 3.00. The number of aromatic nitrogens is 1. The molecule has 2 aromatic carbocycles. The SMILES string of the molecule is O=C(Nc1ccc(F)c(Cl)c1)N1CCN(c2c(Cl)cncc2Cl)CCC1c1ccccc1. The third kappa shape index (κ3) is 4.93. The van der Waals surface area contributed by atoms with Gasteiger partial charge in [-0.1, -0.05) is 65.1 Å². The second kappa shape index (κ2) is 9.94. The normalized spacial score (nSPS) is 16.6. The minimum atomic E-state index is -0.539. The van der Waals surface area contributed by atoms with Crippen LogP contribution in [0.5, 0.6) is 0 Å². The molecule has 1 aromatic heterocycles. The van der Waals surface area contributed by atoms with Crippen LogP contribution in [-0.4, -0.2) is 35.5 Å². The van der Waals surface area contributed by atoms with Crippen molar-refractivity contribution in [2.45, 2.75) is 12.5 Å². The van der Waals surface area contributed by atoms with E-state index in [-0.39, 0.29) is 17.1 Å². The molecule has 1 aliphatic heterocycles. The van der Waals surface area contributed by atoms with Gasteiger partial charge in [0, 0.05) is 37.7 Å². The first-order chi connectivity index (χ1) is 15.4. The summed E-state index contributed by atoms with van der Waals surface area (Å²) in [5.74, 6) is -0.539. The Morgan fingerprint density at radius 3 is 2.38 bits per heavy atom. The van der Waals surface area contributed by atoms with Gasteiger partial charge in [0.1, 0.15) is 5.82 Å². The van der Waals surface area contributed by atoms with Gasteiger partial charge in [-0.2, -0.15) is 0 Å². The zero-order valence-corrected chi connectivity index (χ0v) is 19.2. The van der Waals surface area contributed by atoms with Crippen molar-refractivity contribution in [1.29, 1.82) is 0 Å². The highest BCUT2D eigenvalue weighted by Gasteiger charge is 2.30. The van der Waals surface area contributed by atoms with E-state index in [1.54, 1.807) is 17.3 Å². The number of pyridine rings is 1. The Bertz CT molecular complexity index is 1100. The topological polar surface area (TPSA) is 48.5 Å². The number of rotatable bonds is 3. The molecule has 166 valence electrons. The lowest BCUT2D eigenvalue weighted by molar-refractivity contribution is 0.192. The van der Waals surface area contributed by atoms with E-state index in [1.807, 2.05) is 30.3 Å². The van der Waals surface area contributed by atoms with E-state index in [0.29, 0.717) is 47.5 Å². The Labute approximate surface area is 200 Å². The second-order valence-corrected chi connectivity index (χ2v) is 8.63. The van der Waals surface area contributed by atoms with Crippen LogP contribution in [0.25, 0.3) is 0 Å². The third-order valence-corrected chi connectivity index (χ3v) is 6.26. The van der Waals surface area contributed by atoms with Crippen LogP contribution in [0.2, 0.25) is 15.1 Å². The second-order valence-electron chi connectivity index (χ2n) is 7.41. The molecule has 0 bridgehead atoms. The van der Waals surface area contributed by atoms with Crippen molar-refractivity contribution in [3.63, 3.8) is 0 Å². The molecule has 1 aliphatic rings. The Kier molecular flexibility index (Phi) is 7.04. The summed E-state index contributed by atoms with van der Waals surface area (Å²) in [6.07, 6.45) is 3.78. The van der Waals surface area contributed by atoms with Crippen LogP contribution in [0.4, 0.5) is 20.6 Å². The summed E-state index contributed by atoms with van der Waals surface area (Å²) in [7, 11) is 0. The summed E-state index contributed by atoms with van der Waals surface area (Å²) < 4.78 is 13.5. The highest BCUT2D eigenvalue weighted by Crippen LogP contribution is 2.36. The molecule has 1 saturated heterocycles. The molecule has 4 rings (SSSR count). The lowest BCUT2D eigenvalue weighted by Gasteiger charge is -2.30. The van der Waals surface area contributed by atoms with Gasteiger partial charge in [0.2, 0.25) is 0 Å². The summed E-state index contributed by atoms with van der Waals surface area (Å²) in [6.45, 7) is 1.61. The number of nitrogens with zero attached hydrogens (tertiary/aromatic N) is 3. The quantitative estimate of drug-likeness (QED) is 0.443. The predicted octanol–water partition coefficient (Wildman–Crippen LogP) is 6.67. The van der Waals surface area contributed by atoms with Crippen molar-refractivity contribution in [3.8, 4) is 0 Å². The van der Waals surface area contributed by atoms with E-state index < -0.39 is 5.82 Å². The molecule has 1 unspecified atom stereocenters. The van der Waals surface area contributed by atoms with Crippen molar-refractivity contribution in [1.82, 2.24) is 9.88 Å². The van der Waals surface area contributed by atoms with Crippen molar-refractivity contribution < 1.29 is 9.18 Å². The summed E-state index contributed by atoms with van der Waals surface area (Å²) in [6, 6.07) is 13.5. The van der Waals surface area contributed by atoms with Gasteiger partial charge in [0.15, 0.2) is 0 Å². The van der Waals surface area contributed by atoms with Gasteiger partial charge in [0.05, 0.1) is 26.8 Å². The first-order valence-electron chi connectivity index (χ1n) is 10.1. The van der Waals surface area contributed by atoms with Gasteiger partial charge >= 0.3 is 6.03 Å². The smallest absolute Gasteiger partial charge is 0.322 e. The first-order valence-corrected chi connectivity index (χ1v) is 11.2. The molecular weight excluding hydrogens is 474 g/mol. The Morgan fingerprint density at radius 1 is 0.969 bits per heavy atom. The minimum absolute atomic E-state index is 0.0496. The predicted molar refractivity (Wildman–Crippen MR) is 127 cm³/mol. The molecule has 1 fully saturated rings. The van der Waals surface area contributed by atoms with Gasteiger partial charge in [-0.3, -0.25) is 4.98 Å². The van der Waals surface area contributed by atoms with Crippen LogP contribution in [-0.2, 0) is 0 Å². The van der Waals surface area contributed by atoms with Crippen LogP contribution in [0, 0.1) is 5.82 Å². The number of halogens is 4. The van der Waals surface area contributed by atoms with Crippen LogP contribution in [0.3, 0.4) is 0 Å². The van der Waals surface area contributed by atoms with Crippen LogP contribution < -0.4 is 10.2 Å². The Hall–Kier alpha value is -2.54. The van der Waals surface area contributed by atoms with Crippen LogP contribution in [0.1, 0.15) is 18.0 Å². The van der Waals surface area contributed by atoms with Crippen molar-refractivity contribution >= 4 is 52.2 Å². The monoisotopic (exact) mass is 492 g/mol. The van der Waals surface area contributed by atoms with Crippen LogP contribution in [0.15, 0.2) is 60.9 Å². The lowest BCUT2D eigenvalue weighted by atomic mass is 10.0. The highest BCUT2D eigenvalue weighted by molar-refractivity contribution is 6.38. The van der Waals surface area contributed by atoms with Gasteiger partial charge in [-0.15, -0.1) is 0 Å². The van der Waals surface area contributed by atoms with Crippen molar-refractivity contribution in [3.05, 3.63) is 87.4 Å². The largest absolute Gasteiger partial charge is 0.367 e. The number of nitrogens with one attached hydrogen (secondary N) is 1. The van der Waals surface area contributed by atoms with Gasteiger partial charge in [-0.25, -0.2) is 9.18 Å². The van der Waals surface area contributed by atoms with Crippen molar-refractivity contribution in [2.24, 2.45) is 0 Å².